The zero-order chi connectivity index (χ0) is 40.4. The lowest BCUT2D eigenvalue weighted by molar-refractivity contribution is -0.136. The van der Waals surface area contributed by atoms with Crippen LogP contribution in [-0.2, 0) is 20.9 Å². The quantitative estimate of drug-likeness (QED) is 0.126. The zero-order valence-corrected chi connectivity index (χ0v) is 33.3. The van der Waals surface area contributed by atoms with Crippen LogP contribution in [0.3, 0.4) is 0 Å². The maximum Gasteiger partial charge on any atom is 0.410 e. The molecule has 12 heteroatoms. The van der Waals surface area contributed by atoms with E-state index in [1.54, 1.807) is 0 Å². The maximum atomic E-state index is 13.8. The summed E-state index contributed by atoms with van der Waals surface area (Å²) in [5, 5.41) is 4.98. The number of fused-ring (bicyclic) bond motifs is 3. The average Bonchev–Trinajstić information content (AvgIpc) is 3.84. The average molecular weight is 790 g/mol. The van der Waals surface area contributed by atoms with Crippen molar-refractivity contribution in [3.05, 3.63) is 121 Å². The van der Waals surface area contributed by atoms with Crippen LogP contribution in [0.25, 0.3) is 44.4 Å². The number of nitrogens with one attached hydrogen (secondary N) is 3. The number of ether oxygens (including phenoxy) is 2. The van der Waals surface area contributed by atoms with E-state index in [4.69, 9.17) is 19.4 Å². The highest BCUT2D eigenvalue weighted by molar-refractivity contribution is 5.91. The minimum atomic E-state index is -0.670. The van der Waals surface area contributed by atoms with E-state index in [-0.39, 0.29) is 48.7 Å². The lowest BCUT2D eigenvalue weighted by Gasteiger charge is -2.31. The van der Waals surface area contributed by atoms with Crippen molar-refractivity contribution in [3.63, 3.8) is 0 Å². The van der Waals surface area contributed by atoms with Gasteiger partial charge in [0.15, 0.2) is 0 Å². The molecular weight excluding hydrogens is 743 g/mol. The molecule has 0 unspecified atom stereocenters. The summed E-state index contributed by atoms with van der Waals surface area (Å²) in [6.07, 6.45) is 6.58. The number of aromatic nitrogens is 4. The first-order valence-electron chi connectivity index (χ1n) is 20.6. The number of hydrogen-bond acceptors (Lipinski definition) is 7. The summed E-state index contributed by atoms with van der Waals surface area (Å²) >= 11 is 0. The van der Waals surface area contributed by atoms with Gasteiger partial charge in [-0.25, -0.2) is 19.6 Å². The molecule has 2 aromatic heterocycles. The van der Waals surface area contributed by atoms with Crippen LogP contribution >= 0.6 is 0 Å². The number of amides is 3. The molecule has 2 aliphatic heterocycles. The SMILES string of the molecule is COC(=O)N[C@H](C(=O)N1[C@@H]2C[C@@H]2C[C@H]1c1ncc(-c2ccc3cc(-c4ccc(-c5cnc([C@@H]6C[C@H]7C[C@H]7N6C(=O)OCc6ccccc6)[nH]5)cc4)ccc3c2)[nH]1)C(C)C. The van der Waals surface area contributed by atoms with Gasteiger partial charge in [0.25, 0.3) is 0 Å². The van der Waals surface area contributed by atoms with Crippen molar-refractivity contribution >= 4 is 28.9 Å². The van der Waals surface area contributed by atoms with E-state index in [0.29, 0.717) is 11.8 Å². The van der Waals surface area contributed by atoms with Gasteiger partial charge in [-0.3, -0.25) is 9.69 Å². The molecule has 10 rings (SSSR count). The smallest absolute Gasteiger partial charge is 0.410 e. The molecule has 4 heterocycles. The van der Waals surface area contributed by atoms with Crippen LogP contribution in [0, 0.1) is 17.8 Å². The van der Waals surface area contributed by atoms with E-state index in [9.17, 15) is 14.4 Å². The van der Waals surface area contributed by atoms with E-state index >= 15 is 0 Å². The Morgan fingerprint density at radius 2 is 1.27 bits per heavy atom. The number of piperidine rings is 2. The normalized spacial score (nSPS) is 23.2. The van der Waals surface area contributed by atoms with Gasteiger partial charge in [0.05, 0.1) is 43.0 Å². The number of benzene rings is 4. The Balaban J connectivity index is 0.811. The molecule has 4 aromatic carbocycles. The molecule has 0 radical (unpaired) electrons. The minimum Gasteiger partial charge on any atom is -0.453 e. The van der Waals surface area contributed by atoms with Gasteiger partial charge in [-0.15, -0.1) is 0 Å². The standard InChI is InChI=1S/C47H47N7O5/c1-26(2)42(52-46(56)58-3)45(55)53-38-19-34(38)21-40(53)43-49-24-37(51-43)33-16-15-31-17-30(13-14-32(31)18-33)28-9-11-29(12-10-28)36-23-48-44(50-36)41-22-35-20-39(35)54(41)47(57)59-25-27-7-5-4-6-8-27/h4-18,23-24,26,34-35,38-42H,19-22,25H2,1-3H3,(H,48,50)(H,49,51)(H,52,56)/t34-,35-,38-,39-,40+,41+,42+/m1/s1. The number of imidazole rings is 2. The van der Waals surface area contributed by atoms with Crippen molar-refractivity contribution in [3.8, 4) is 33.6 Å². The van der Waals surface area contributed by atoms with E-state index in [1.807, 2.05) is 66.4 Å². The Labute approximate surface area is 342 Å². The molecule has 6 aromatic rings. The fraction of sp³-hybridized carbons (Fsp3) is 0.340. The van der Waals surface area contributed by atoms with Crippen LogP contribution in [0.5, 0.6) is 0 Å². The molecule has 3 N–H and O–H groups in total. The first kappa shape index (κ1) is 36.9. The Morgan fingerprint density at radius 3 is 1.92 bits per heavy atom. The molecule has 12 nitrogen and oxygen atoms in total. The highest BCUT2D eigenvalue weighted by atomic mass is 16.6. The molecule has 2 aliphatic carbocycles. The van der Waals surface area contributed by atoms with Crippen LogP contribution < -0.4 is 5.32 Å². The van der Waals surface area contributed by atoms with Gasteiger partial charge in [0.2, 0.25) is 5.91 Å². The van der Waals surface area contributed by atoms with Crippen LogP contribution in [0.15, 0.2) is 103 Å². The highest BCUT2D eigenvalue weighted by Crippen LogP contribution is 2.54. The number of carbonyl (C=O) groups excluding carboxylic acids is 3. The number of methoxy groups -OCH3 is 1. The summed E-state index contributed by atoms with van der Waals surface area (Å²) in [4.78, 5) is 59.5. The second kappa shape index (κ2) is 14.7. The van der Waals surface area contributed by atoms with E-state index < -0.39 is 12.1 Å². The first-order chi connectivity index (χ1) is 28.7. The van der Waals surface area contributed by atoms with Crippen molar-refractivity contribution in [2.45, 2.75) is 76.3 Å². The van der Waals surface area contributed by atoms with E-state index in [1.165, 1.54) is 7.11 Å². The predicted octanol–water partition coefficient (Wildman–Crippen LogP) is 8.80. The van der Waals surface area contributed by atoms with Crippen LogP contribution in [0.1, 0.15) is 68.8 Å². The number of alkyl carbamates (subject to hydrolysis) is 1. The van der Waals surface area contributed by atoms with Gasteiger partial charge in [-0.05, 0) is 88.6 Å². The fourth-order valence-electron chi connectivity index (χ4n) is 9.37. The van der Waals surface area contributed by atoms with Gasteiger partial charge in [-0.2, -0.15) is 0 Å². The summed E-state index contributed by atoms with van der Waals surface area (Å²) in [7, 11) is 1.31. The third-order valence-corrected chi connectivity index (χ3v) is 12.8. The molecule has 3 amide bonds. The van der Waals surface area contributed by atoms with Gasteiger partial charge in [0, 0.05) is 17.6 Å². The molecule has 7 atom stereocenters. The molecule has 2 saturated heterocycles. The number of rotatable bonds is 10. The summed E-state index contributed by atoms with van der Waals surface area (Å²) in [5.74, 6) is 2.34. The number of hydrogen-bond donors (Lipinski definition) is 3. The van der Waals surface area contributed by atoms with Gasteiger partial charge in [-0.1, -0.05) is 92.7 Å². The molecule has 4 fully saturated rings. The van der Waals surface area contributed by atoms with Gasteiger partial charge >= 0.3 is 12.2 Å². The van der Waals surface area contributed by atoms with E-state index in [2.05, 4.69) is 75.9 Å². The molecule has 300 valence electrons. The Morgan fingerprint density at radius 1 is 0.712 bits per heavy atom. The molecule has 59 heavy (non-hydrogen) atoms. The van der Waals surface area contributed by atoms with Crippen molar-refractivity contribution in [2.24, 2.45) is 17.8 Å². The number of aromatic amines is 2. The lowest BCUT2D eigenvalue weighted by atomic mass is 9.98. The monoisotopic (exact) mass is 789 g/mol. The van der Waals surface area contributed by atoms with Crippen molar-refractivity contribution in [1.82, 2.24) is 35.1 Å². The molecule has 0 bridgehead atoms. The van der Waals surface area contributed by atoms with Crippen LogP contribution in [-0.4, -0.2) is 73.1 Å². The van der Waals surface area contributed by atoms with E-state index in [0.717, 1.165) is 87.3 Å². The summed E-state index contributed by atoms with van der Waals surface area (Å²) in [6.45, 7) is 4.11. The molecule has 0 spiro atoms. The molecule has 4 aliphatic rings. The second-order valence-corrected chi connectivity index (χ2v) is 16.9. The molecule has 2 saturated carbocycles. The third kappa shape index (κ3) is 7.00. The van der Waals surface area contributed by atoms with Crippen LogP contribution in [0.4, 0.5) is 9.59 Å². The number of carbonyl (C=O) groups is 3. The second-order valence-electron chi connectivity index (χ2n) is 16.9. The summed E-state index contributed by atoms with van der Waals surface area (Å²) in [6, 6.07) is 30.6. The Bertz CT molecular complexity index is 2550. The van der Waals surface area contributed by atoms with Crippen molar-refractivity contribution < 1.29 is 23.9 Å². The first-order valence-corrected chi connectivity index (χ1v) is 20.6. The zero-order valence-electron chi connectivity index (χ0n) is 33.3. The van der Waals surface area contributed by atoms with Gasteiger partial charge in [0.1, 0.15) is 24.3 Å². The predicted molar refractivity (Wildman–Crippen MR) is 223 cm³/mol. The molecular formula is C47H47N7O5. The Hall–Kier alpha value is -6.43. The number of likely N-dealkylation sites (tertiary alicyclic amines) is 2. The fourth-order valence-corrected chi connectivity index (χ4v) is 9.37. The van der Waals surface area contributed by atoms with Crippen molar-refractivity contribution in [2.75, 3.05) is 7.11 Å². The van der Waals surface area contributed by atoms with Crippen molar-refractivity contribution in [1.29, 1.82) is 0 Å². The maximum absolute atomic E-state index is 13.8. The van der Waals surface area contributed by atoms with Gasteiger partial charge < -0.3 is 29.7 Å². The van der Waals surface area contributed by atoms with Crippen LogP contribution in [0.2, 0.25) is 0 Å². The number of H-pyrrole nitrogens is 2. The summed E-state index contributed by atoms with van der Waals surface area (Å²) < 4.78 is 10.5. The topological polar surface area (TPSA) is 146 Å². The minimum absolute atomic E-state index is 0.0905. The lowest BCUT2D eigenvalue weighted by Crippen LogP contribution is -2.52. The largest absolute Gasteiger partial charge is 0.453 e. The summed E-state index contributed by atoms with van der Waals surface area (Å²) in [5.41, 5.74) is 7.05. The third-order valence-electron chi connectivity index (χ3n) is 12.8. The number of nitrogens with zero attached hydrogens (tertiary/aromatic N) is 4. The highest BCUT2D eigenvalue weighted by Gasteiger charge is 2.57. The Kier molecular flexibility index (Phi) is 9.22.